The van der Waals surface area contributed by atoms with Gasteiger partial charge in [0.2, 0.25) is 5.91 Å². The highest BCUT2D eigenvalue weighted by Crippen LogP contribution is 2.26. The summed E-state index contributed by atoms with van der Waals surface area (Å²) in [5, 5.41) is 0. The number of unbranched alkanes of at least 4 members (excludes halogenated alkanes) is 5. The minimum atomic E-state index is 0.311. The van der Waals surface area contributed by atoms with E-state index < -0.39 is 0 Å². The van der Waals surface area contributed by atoms with E-state index in [0.29, 0.717) is 12.3 Å². The molecule has 1 saturated heterocycles. The summed E-state index contributed by atoms with van der Waals surface area (Å²) in [6, 6.07) is 8.21. The molecule has 0 bridgehead atoms. The Labute approximate surface area is 205 Å². The van der Waals surface area contributed by atoms with Gasteiger partial charge in [-0.2, -0.15) is 0 Å². The number of carbonyl (C=O) groups excluding carboxylic acids is 1. The summed E-state index contributed by atoms with van der Waals surface area (Å²) in [6.07, 6.45) is 9.71. The van der Waals surface area contributed by atoms with Crippen LogP contribution in [0.15, 0.2) is 24.3 Å². The Bertz CT molecular complexity index is 913. The van der Waals surface area contributed by atoms with Gasteiger partial charge in [0.25, 0.3) is 0 Å². The number of hydrogen-bond acceptors (Lipinski definition) is 5. The van der Waals surface area contributed by atoms with Crippen molar-refractivity contribution in [2.24, 2.45) is 0 Å². The summed E-state index contributed by atoms with van der Waals surface area (Å²) in [4.78, 5) is 26.8. The van der Waals surface area contributed by atoms with E-state index in [-0.39, 0.29) is 0 Å². The molecule has 0 N–H and O–H groups in total. The van der Waals surface area contributed by atoms with E-state index in [2.05, 4.69) is 40.8 Å². The third kappa shape index (κ3) is 7.44. The zero-order valence-electron chi connectivity index (χ0n) is 21.6. The molecule has 34 heavy (non-hydrogen) atoms. The highest BCUT2D eigenvalue weighted by atomic mass is 16.5. The highest BCUT2D eigenvalue weighted by Gasteiger charge is 2.23. The monoisotopic (exact) mass is 466 g/mol. The van der Waals surface area contributed by atoms with Crippen LogP contribution < -0.4 is 9.64 Å². The van der Waals surface area contributed by atoms with Crippen molar-refractivity contribution in [1.29, 1.82) is 0 Å². The average Bonchev–Trinajstić information content (AvgIpc) is 3.09. The number of hydrogen-bond donors (Lipinski definition) is 0. The minimum absolute atomic E-state index is 0.311. The van der Waals surface area contributed by atoms with E-state index in [1.54, 1.807) is 7.11 Å². The van der Waals surface area contributed by atoms with Crippen molar-refractivity contribution in [3.63, 3.8) is 0 Å². The molecular formula is C28H42N4O2. The van der Waals surface area contributed by atoms with E-state index in [9.17, 15) is 4.79 Å². The normalized spacial score (nSPS) is 14.2. The number of aromatic nitrogens is 2. The molecule has 1 aromatic heterocycles. The van der Waals surface area contributed by atoms with Gasteiger partial charge in [-0.3, -0.25) is 4.79 Å². The van der Waals surface area contributed by atoms with Gasteiger partial charge >= 0.3 is 0 Å². The fourth-order valence-corrected chi connectivity index (χ4v) is 4.73. The maximum absolute atomic E-state index is 12.8. The Morgan fingerprint density at radius 3 is 2.41 bits per heavy atom. The highest BCUT2D eigenvalue weighted by molar-refractivity contribution is 5.76. The standard InChI is InChI=1S/C28H42N4O2/c1-5-6-7-8-9-10-12-27(33)31-17-11-18-32(20-19-31)28-26(22(2)29-23(3)30-28)21-24-13-15-25(34-4)16-14-24/h13-16H,5-12,17-21H2,1-4H3. The number of rotatable bonds is 11. The van der Waals surface area contributed by atoms with Crippen molar-refractivity contribution in [3.05, 3.63) is 46.9 Å². The quantitative estimate of drug-likeness (QED) is 0.410. The number of benzene rings is 1. The third-order valence-corrected chi connectivity index (χ3v) is 6.74. The van der Waals surface area contributed by atoms with Gasteiger partial charge < -0.3 is 14.5 Å². The molecule has 0 saturated carbocycles. The third-order valence-electron chi connectivity index (χ3n) is 6.74. The van der Waals surface area contributed by atoms with E-state index in [4.69, 9.17) is 9.72 Å². The van der Waals surface area contributed by atoms with Gasteiger partial charge in [0.1, 0.15) is 17.4 Å². The number of nitrogens with zero attached hydrogens (tertiary/aromatic N) is 4. The molecule has 0 radical (unpaired) electrons. The maximum atomic E-state index is 12.8. The number of ether oxygens (including phenoxy) is 1. The number of amides is 1. The van der Waals surface area contributed by atoms with Crippen LogP contribution in [0.25, 0.3) is 0 Å². The van der Waals surface area contributed by atoms with Crippen LogP contribution >= 0.6 is 0 Å². The molecule has 0 spiro atoms. The Morgan fingerprint density at radius 2 is 1.68 bits per heavy atom. The zero-order chi connectivity index (χ0) is 24.3. The van der Waals surface area contributed by atoms with Gasteiger partial charge in [-0.05, 0) is 44.4 Å². The summed E-state index contributed by atoms with van der Waals surface area (Å²) in [7, 11) is 1.69. The fraction of sp³-hybridized carbons (Fsp3) is 0.607. The first-order chi connectivity index (χ1) is 16.5. The molecule has 186 valence electrons. The zero-order valence-corrected chi connectivity index (χ0v) is 21.6. The van der Waals surface area contributed by atoms with Crippen molar-refractivity contribution < 1.29 is 9.53 Å². The Hall–Kier alpha value is -2.63. The summed E-state index contributed by atoms with van der Waals surface area (Å²) < 4.78 is 5.30. The summed E-state index contributed by atoms with van der Waals surface area (Å²) in [6.45, 7) is 9.59. The van der Waals surface area contributed by atoms with Gasteiger partial charge in [-0.25, -0.2) is 9.97 Å². The largest absolute Gasteiger partial charge is 0.497 e. The van der Waals surface area contributed by atoms with Gasteiger partial charge in [-0.1, -0.05) is 51.2 Å². The summed E-state index contributed by atoms with van der Waals surface area (Å²) >= 11 is 0. The molecule has 0 unspecified atom stereocenters. The predicted molar refractivity (Wildman–Crippen MR) is 139 cm³/mol. The van der Waals surface area contributed by atoms with Gasteiger partial charge in [0.15, 0.2) is 0 Å². The van der Waals surface area contributed by atoms with Crippen LogP contribution in [0, 0.1) is 13.8 Å². The molecule has 6 heteroatoms. The molecule has 1 aromatic carbocycles. The lowest BCUT2D eigenvalue weighted by atomic mass is 10.0. The van der Waals surface area contributed by atoms with E-state index in [1.807, 2.05) is 19.1 Å². The molecule has 1 fully saturated rings. The lowest BCUT2D eigenvalue weighted by molar-refractivity contribution is -0.131. The lowest BCUT2D eigenvalue weighted by Crippen LogP contribution is -2.35. The molecule has 2 aromatic rings. The van der Waals surface area contributed by atoms with Gasteiger partial charge in [0.05, 0.1) is 7.11 Å². The second-order valence-electron chi connectivity index (χ2n) is 9.42. The lowest BCUT2D eigenvalue weighted by Gasteiger charge is -2.26. The molecule has 6 nitrogen and oxygen atoms in total. The summed E-state index contributed by atoms with van der Waals surface area (Å²) in [5.41, 5.74) is 3.41. The van der Waals surface area contributed by atoms with E-state index in [0.717, 1.165) is 68.5 Å². The molecule has 3 rings (SSSR count). The van der Waals surface area contributed by atoms with Crippen LogP contribution in [0.2, 0.25) is 0 Å². The van der Waals surface area contributed by atoms with Crippen LogP contribution in [0.1, 0.15) is 80.9 Å². The molecular weight excluding hydrogens is 424 g/mol. The van der Waals surface area contributed by atoms with Crippen LogP contribution in [0.5, 0.6) is 5.75 Å². The number of aryl methyl sites for hydroxylation is 2. The van der Waals surface area contributed by atoms with Crippen molar-refractivity contribution in [1.82, 2.24) is 14.9 Å². The van der Waals surface area contributed by atoms with E-state index in [1.165, 1.54) is 43.2 Å². The number of anilines is 1. The van der Waals surface area contributed by atoms with Crippen LogP contribution in [0.3, 0.4) is 0 Å². The van der Waals surface area contributed by atoms with Crippen LogP contribution in [-0.4, -0.2) is 54.1 Å². The van der Waals surface area contributed by atoms with E-state index >= 15 is 0 Å². The molecule has 0 aliphatic carbocycles. The van der Waals surface area contributed by atoms with Gasteiger partial charge in [-0.15, -0.1) is 0 Å². The van der Waals surface area contributed by atoms with Crippen LogP contribution in [-0.2, 0) is 11.2 Å². The Kier molecular flexibility index (Phi) is 10.2. The first-order valence-corrected chi connectivity index (χ1v) is 13.0. The predicted octanol–water partition coefficient (Wildman–Crippen LogP) is 5.48. The molecule has 1 aliphatic rings. The molecule has 1 amide bonds. The number of carbonyl (C=O) groups is 1. The molecule has 1 aliphatic heterocycles. The van der Waals surface area contributed by atoms with Crippen molar-refractivity contribution in [3.8, 4) is 5.75 Å². The second kappa shape index (κ2) is 13.3. The smallest absolute Gasteiger partial charge is 0.222 e. The van der Waals surface area contributed by atoms with Gasteiger partial charge in [0, 0.05) is 50.3 Å². The van der Waals surface area contributed by atoms with Crippen molar-refractivity contribution in [2.45, 2.75) is 78.6 Å². The SMILES string of the molecule is CCCCCCCCC(=O)N1CCCN(c2nc(C)nc(C)c2Cc2ccc(OC)cc2)CC1. The Morgan fingerprint density at radius 1 is 0.941 bits per heavy atom. The minimum Gasteiger partial charge on any atom is -0.497 e. The topological polar surface area (TPSA) is 58.6 Å². The first kappa shape index (κ1) is 26.0. The number of methoxy groups -OCH3 is 1. The molecule has 2 heterocycles. The average molecular weight is 467 g/mol. The van der Waals surface area contributed by atoms with Crippen molar-refractivity contribution >= 4 is 11.7 Å². The summed E-state index contributed by atoms with van der Waals surface area (Å²) in [5.74, 6) is 2.99. The molecule has 0 atom stereocenters. The first-order valence-electron chi connectivity index (χ1n) is 13.0. The second-order valence-corrected chi connectivity index (χ2v) is 9.42. The van der Waals surface area contributed by atoms with Crippen molar-refractivity contribution in [2.75, 3.05) is 38.2 Å². The fourth-order valence-electron chi connectivity index (χ4n) is 4.73. The Balaban J connectivity index is 1.63. The van der Waals surface area contributed by atoms with Crippen LogP contribution in [0.4, 0.5) is 5.82 Å². The maximum Gasteiger partial charge on any atom is 0.222 e.